The van der Waals surface area contributed by atoms with Crippen molar-refractivity contribution in [2.75, 3.05) is 11.1 Å². The lowest BCUT2D eigenvalue weighted by Crippen LogP contribution is -2.05. The van der Waals surface area contributed by atoms with Crippen LogP contribution in [0.15, 0.2) is 53.8 Å². The third kappa shape index (κ3) is 4.59. The molecule has 0 atom stereocenters. The van der Waals surface area contributed by atoms with Gasteiger partial charge in [0.25, 0.3) is 0 Å². The summed E-state index contributed by atoms with van der Waals surface area (Å²) >= 11 is 1.40. The first-order valence-electron chi connectivity index (χ1n) is 8.05. The van der Waals surface area contributed by atoms with Crippen molar-refractivity contribution in [3.8, 4) is 17.3 Å². The van der Waals surface area contributed by atoms with Gasteiger partial charge in [0.1, 0.15) is 17.5 Å². The molecule has 0 aliphatic heterocycles. The Morgan fingerprint density at radius 2 is 2.00 bits per heavy atom. The summed E-state index contributed by atoms with van der Waals surface area (Å²) in [6.45, 7) is 1.44. The monoisotopic (exact) mass is 376 g/mol. The van der Waals surface area contributed by atoms with Gasteiger partial charge in [0.2, 0.25) is 5.91 Å². The van der Waals surface area contributed by atoms with E-state index in [9.17, 15) is 10.1 Å². The van der Waals surface area contributed by atoms with Gasteiger partial charge < -0.3 is 11.1 Å². The number of aromatic nitrogens is 3. The summed E-state index contributed by atoms with van der Waals surface area (Å²) in [4.78, 5) is 24.2. The molecule has 2 aromatic heterocycles. The lowest BCUT2D eigenvalue weighted by molar-refractivity contribution is -0.114. The van der Waals surface area contributed by atoms with Crippen molar-refractivity contribution in [1.82, 2.24) is 15.0 Å². The highest BCUT2D eigenvalue weighted by Gasteiger charge is 2.15. The number of nitrogen functional groups attached to an aromatic ring is 1. The number of nitrogens with zero attached hydrogens (tertiary/aromatic N) is 4. The second-order valence-electron chi connectivity index (χ2n) is 5.60. The number of amides is 1. The number of nitriles is 1. The molecule has 2 heterocycles. The summed E-state index contributed by atoms with van der Waals surface area (Å²) in [5, 5.41) is 12.6. The van der Waals surface area contributed by atoms with Gasteiger partial charge in [0, 0.05) is 30.1 Å². The van der Waals surface area contributed by atoms with Gasteiger partial charge in [-0.25, -0.2) is 9.97 Å². The third-order valence-electron chi connectivity index (χ3n) is 3.58. The highest BCUT2D eigenvalue weighted by Crippen LogP contribution is 2.29. The Morgan fingerprint density at radius 1 is 1.22 bits per heavy atom. The third-order valence-corrected chi connectivity index (χ3v) is 4.46. The van der Waals surface area contributed by atoms with Gasteiger partial charge in [-0.3, -0.25) is 9.78 Å². The van der Waals surface area contributed by atoms with E-state index in [0.29, 0.717) is 22.3 Å². The van der Waals surface area contributed by atoms with Gasteiger partial charge in [0.05, 0.1) is 11.4 Å². The average Bonchev–Trinajstić information content (AvgIpc) is 2.67. The molecular formula is C19H16N6OS. The zero-order chi connectivity index (χ0) is 19.2. The first-order chi connectivity index (χ1) is 13.1. The first-order valence-corrected chi connectivity index (χ1v) is 9.03. The quantitative estimate of drug-likeness (QED) is 0.518. The van der Waals surface area contributed by atoms with Crippen molar-refractivity contribution in [3.05, 3.63) is 59.9 Å². The number of pyridine rings is 1. The average molecular weight is 376 g/mol. The van der Waals surface area contributed by atoms with Gasteiger partial charge >= 0.3 is 0 Å². The number of hydrogen-bond acceptors (Lipinski definition) is 7. The van der Waals surface area contributed by atoms with Gasteiger partial charge in [-0.05, 0) is 24.3 Å². The topological polar surface area (TPSA) is 118 Å². The van der Waals surface area contributed by atoms with Crippen LogP contribution in [0.5, 0.6) is 0 Å². The predicted octanol–water partition coefficient (Wildman–Crippen LogP) is 3.24. The van der Waals surface area contributed by atoms with E-state index in [-0.39, 0.29) is 17.3 Å². The molecule has 8 heteroatoms. The smallest absolute Gasteiger partial charge is 0.221 e. The maximum Gasteiger partial charge on any atom is 0.221 e. The molecule has 0 unspecified atom stereocenters. The fourth-order valence-corrected chi connectivity index (χ4v) is 3.14. The minimum atomic E-state index is -0.153. The van der Waals surface area contributed by atoms with Crippen molar-refractivity contribution in [2.45, 2.75) is 17.8 Å². The van der Waals surface area contributed by atoms with Gasteiger partial charge in [-0.1, -0.05) is 30.0 Å². The molecule has 0 saturated carbocycles. The van der Waals surface area contributed by atoms with E-state index in [0.717, 1.165) is 11.3 Å². The second kappa shape index (κ2) is 8.29. The molecule has 0 spiro atoms. The van der Waals surface area contributed by atoms with E-state index in [1.807, 2.05) is 18.2 Å². The molecule has 3 N–H and O–H groups in total. The van der Waals surface area contributed by atoms with Crippen LogP contribution < -0.4 is 11.1 Å². The Morgan fingerprint density at radius 3 is 2.63 bits per heavy atom. The summed E-state index contributed by atoms with van der Waals surface area (Å²) in [6.07, 6.45) is 1.73. The second-order valence-corrected chi connectivity index (χ2v) is 6.54. The molecule has 0 aliphatic carbocycles. The summed E-state index contributed by atoms with van der Waals surface area (Å²) in [7, 11) is 0. The maximum absolute atomic E-state index is 11.1. The highest BCUT2D eigenvalue weighted by atomic mass is 32.2. The molecule has 7 nitrogen and oxygen atoms in total. The van der Waals surface area contributed by atoms with Crippen LogP contribution in [0.4, 0.5) is 11.5 Å². The van der Waals surface area contributed by atoms with E-state index in [4.69, 9.17) is 5.73 Å². The molecular weight excluding hydrogens is 360 g/mol. The van der Waals surface area contributed by atoms with Gasteiger partial charge in [-0.15, -0.1) is 0 Å². The normalized spacial score (nSPS) is 10.2. The minimum Gasteiger partial charge on any atom is -0.382 e. The first kappa shape index (κ1) is 18.4. The van der Waals surface area contributed by atoms with Gasteiger partial charge in [-0.2, -0.15) is 5.26 Å². The van der Waals surface area contributed by atoms with Crippen LogP contribution in [0.1, 0.15) is 18.2 Å². The molecule has 3 rings (SSSR count). The molecule has 0 aliphatic rings. The van der Waals surface area contributed by atoms with E-state index in [2.05, 4.69) is 26.3 Å². The molecule has 0 bridgehead atoms. The number of nitrogens with one attached hydrogen (secondary N) is 1. The molecule has 1 amide bonds. The molecule has 1 aromatic carbocycles. The van der Waals surface area contributed by atoms with Crippen molar-refractivity contribution < 1.29 is 4.79 Å². The van der Waals surface area contributed by atoms with E-state index in [1.54, 1.807) is 30.5 Å². The zero-order valence-corrected chi connectivity index (χ0v) is 15.3. The molecule has 0 saturated heterocycles. The predicted molar refractivity (Wildman–Crippen MR) is 105 cm³/mol. The molecule has 3 aromatic rings. The highest BCUT2D eigenvalue weighted by molar-refractivity contribution is 7.98. The Labute approximate surface area is 160 Å². The van der Waals surface area contributed by atoms with Crippen LogP contribution in [0.25, 0.3) is 11.3 Å². The van der Waals surface area contributed by atoms with Crippen LogP contribution in [0.3, 0.4) is 0 Å². The fraction of sp³-hybridized carbons (Fsp3) is 0.105. The standard InChI is InChI=1S/C19H16N6OS/c1-12(26)23-14-7-5-13(6-8-14)17-16(10-20)18(21)25-19(24-17)27-11-15-4-2-3-9-22-15/h2-9H,11H2,1H3,(H,23,26)(H2,21,24,25). The lowest BCUT2D eigenvalue weighted by Gasteiger charge is -2.09. The van der Waals surface area contributed by atoms with E-state index in [1.165, 1.54) is 18.7 Å². The number of hydrogen-bond donors (Lipinski definition) is 2. The van der Waals surface area contributed by atoms with E-state index < -0.39 is 0 Å². The van der Waals surface area contributed by atoms with Crippen LogP contribution in [0.2, 0.25) is 0 Å². The maximum atomic E-state index is 11.1. The fourth-order valence-electron chi connectivity index (χ4n) is 2.38. The summed E-state index contributed by atoms with van der Waals surface area (Å²) < 4.78 is 0. The SMILES string of the molecule is CC(=O)Nc1ccc(-c2nc(SCc3ccccn3)nc(N)c2C#N)cc1. The van der Waals surface area contributed by atoms with Crippen molar-refractivity contribution in [2.24, 2.45) is 0 Å². The molecule has 0 radical (unpaired) electrons. The van der Waals surface area contributed by atoms with Crippen LogP contribution in [-0.4, -0.2) is 20.9 Å². The largest absolute Gasteiger partial charge is 0.382 e. The number of nitrogens with two attached hydrogens (primary N) is 1. The van der Waals surface area contributed by atoms with Crippen molar-refractivity contribution >= 4 is 29.2 Å². The van der Waals surface area contributed by atoms with Crippen LogP contribution >= 0.6 is 11.8 Å². The van der Waals surface area contributed by atoms with Crippen molar-refractivity contribution in [3.63, 3.8) is 0 Å². The number of anilines is 2. The molecule has 0 fully saturated rings. The lowest BCUT2D eigenvalue weighted by atomic mass is 10.1. The number of rotatable bonds is 5. The van der Waals surface area contributed by atoms with Crippen molar-refractivity contribution in [1.29, 1.82) is 5.26 Å². The zero-order valence-electron chi connectivity index (χ0n) is 14.5. The Bertz CT molecular complexity index is 999. The van der Waals surface area contributed by atoms with Crippen LogP contribution in [-0.2, 0) is 10.5 Å². The summed E-state index contributed by atoms with van der Waals surface area (Å²) in [5.74, 6) is 0.574. The van der Waals surface area contributed by atoms with Gasteiger partial charge in [0.15, 0.2) is 5.16 Å². The summed E-state index contributed by atoms with van der Waals surface area (Å²) in [6, 6.07) is 14.8. The number of benzene rings is 1. The summed E-state index contributed by atoms with van der Waals surface area (Å²) in [5.41, 5.74) is 8.94. The number of carbonyl (C=O) groups is 1. The molecule has 134 valence electrons. The molecule has 27 heavy (non-hydrogen) atoms. The Balaban J connectivity index is 1.90. The number of carbonyl (C=O) groups excluding carboxylic acids is 1. The Hall–Kier alpha value is -3.44. The number of thioether (sulfide) groups is 1. The van der Waals surface area contributed by atoms with Crippen LogP contribution in [0, 0.1) is 11.3 Å². The minimum absolute atomic E-state index is 0.136. The van der Waals surface area contributed by atoms with E-state index >= 15 is 0 Å². The Kier molecular flexibility index (Phi) is 5.64.